The molecule has 17 heavy (non-hydrogen) atoms. The van der Waals surface area contributed by atoms with Gasteiger partial charge in [-0.1, -0.05) is 0 Å². The minimum Gasteiger partial charge on any atom is -0.383 e. The molecule has 1 atom stereocenters. The number of alkyl halides is 3. The summed E-state index contributed by atoms with van der Waals surface area (Å²) < 4.78 is 41.8. The highest BCUT2D eigenvalue weighted by Crippen LogP contribution is 2.29. The first-order valence-corrected chi connectivity index (χ1v) is 5.10. The third-order valence-electron chi connectivity index (χ3n) is 2.24. The molecule has 0 aliphatic rings. The molecule has 0 radical (unpaired) electrons. The van der Waals surface area contributed by atoms with E-state index >= 15 is 0 Å². The zero-order chi connectivity index (χ0) is 12.9. The van der Waals surface area contributed by atoms with Crippen molar-refractivity contribution in [3.8, 4) is 0 Å². The number of benzene rings is 1. The van der Waals surface area contributed by atoms with E-state index in [4.69, 9.17) is 10.5 Å². The first-order valence-electron chi connectivity index (χ1n) is 5.10. The third-order valence-corrected chi connectivity index (χ3v) is 2.24. The van der Waals surface area contributed by atoms with Crippen molar-refractivity contribution < 1.29 is 17.9 Å². The van der Waals surface area contributed by atoms with Gasteiger partial charge in [-0.05, 0) is 24.3 Å². The summed E-state index contributed by atoms with van der Waals surface area (Å²) in [6.45, 7) is 0.742. The molecule has 0 heterocycles. The van der Waals surface area contributed by atoms with Crippen LogP contribution in [0.25, 0.3) is 0 Å². The monoisotopic (exact) mass is 248 g/mol. The number of rotatable bonds is 5. The fourth-order valence-corrected chi connectivity index (χ4v) is 1.36. The number of methoxy groups -OCH3 is 1. The molecule has 0 saturated heterocycles. The van der Waals surface area contributed by atoms with Gasteiger partial charge >= 0.3 is 6.18 Å². The molecular formula is C11H15F3N2O. The highest BCUT2D eigenvalue weighted by atomic mass is 19.4. The van der Waals surface area contributed by atoms with E-state index in [0.29, 0.717) is 18.8 Å². The molecule has 0 saturated carbocycles. The van der Waals surface area contributed by atoms with Gasteiger partial charge in [0.05, 0.1) is 18.2 Å². The van der Waals surface area contributed by atoms with Crippen molar-refractivity contribution in [3.63, 3.8) is 0 Å². The molecule has 0 fully saturated rings. The molecule has 0 aliphatic carbocycles. The largest absolute Gasteiger partial charge is 0.416 e. The molecule has 1 aromatic carbocycles. The van der Waals surface area contributed by atoms with Crippen LogP contribution in [0.5, 0.6) is 0 Å². The minimum absolute atomic E-state index is 0.114. The van der Waals surface area contributed by atoms with Crippen LogP contribution < -0.4 is 11.1 Å². The second-order valence-electron chi connectivity index (χ2n) is 3.61. The quantitative estimate of drug-likeness (QED) is 0.838. The maximum absolute atomic E-state index is 12.3. The van der Waals surface area contributed by atoms with Gasteiger partial charge in [0, 0.05) is 19.3 Å². The van der Waals surface area contributed by atoms with E-state index in [1.807, 2.05) is 0 Å². The van der Waals surface area contributed by atoms with Gasteiger partial charge in [0.25, 0.3) is 0 Å². The van der Waals surface area contributed by atoms with Crippen LogP contribution in [0.2, 0.25) is 0 Å². The summed E-state index contributed by atoms with van der Waals surface area (Å²) in [5, 5.41) is 2.99. The van der Waals surface area contributed by atoms with E-state index in [1.165, 1.54) is 19.2 Å². The Kier molecular flexibility index (Phi) is 4.77. The lowest BCUT2D eigenvalue weighted by Gasteiger charge is -2.17. The normalized spacial score (nSPS) is 13.5. The van der Waals surface area contributed by atoms with Gasteiger partial charge in [-0.15, -0.1) is 0 Å². The summed E-state index contributed by atoms with van der Waals surface area (Å²) in [5.74, 6) is 0. The maximum Gasteiger partial charge on any atom is 0.416 e. The van der Waals surface area contributed by atoms with Gasteiger partial charge in [0.1, 0.15) is 0 Å². The molecule has 6 heteroatoms. The summed E-state index contributed by atoms with van der Waals surface area (Å²) in [5.41, 5.74) is 5.40. The fourth-order valence-electron chi connectivity index (χ4n) is 1.36. The maximum atomic E-state index is 12.3. The Bertz CT molecular complexity index is 338. The van der Waals surface area contributed by atoms with Crippen molar-refractivity contribution in [1.29, 1.82) is 0 Å². The lowest BCUT2D eigenvalue weighted by atomic mass is 10.2. The Labute approximate surface area is 97.8 Å². The van der Waals surface area contributed by atoms with Gasteiger partial charge in [0.15, 0.2) is 0 Å². The van der Waals surface area contributed by atoms with Gasteiger partial charge in [0.2, 0.25) is 0 Å². The summed E-state index contributed by atoms with van der Waals surface area (Å²) >= 11 is 0. The Morgan fingerprint density at radius 3 is 2.29 bits per heavy atom. The smallest absolute Gasteiger partial charge is 0.383 e. The average molecular weight is 248 g/mol. The molecule has 0 aliphatic heterocycles. The molecule has 3 N–H and O–H groups in total. The number of hydrogen-bond donors (Lipinski definition) is 2. The summed E-state index contributed by atoms with van der Waals surface area (Å²) in [6.07, 6.45) is -4.31. The zero-order valence-electron chi connectivity index (χ0n) is 9.42. The molecule has 0 amide bonds. The standard InChI is InChI=1S/C11H15F3N2O/c1-17-7-10(6-15)16-9-4-2-8(3-5-9)11(12,13)14/h2-5,10,16H,6-7,15H2,1H3. The molecule has 0 aromatic heterocycles. The number of hydrogen-bond acceptors (Lipinski definition) is 3. The number of nitrogens with one attached hydrogen (secondary N) is 1. The molecule has 1 rings (SSSR count). The van der Waals surface area contributed by atoms with Crippen molar-refractivity contribution in [2.45, 2.75) is 12.2 Å². The predicted octanol–water partition coefficient (Wildman–Crippen LogP) is 2.09. The Morgan fingerprint density at radius 1 is 1.29 bits per heavy atom. The molecule has 1 unspecified atom stereocenters. The van der Waals surface area contributed by atoms with Crippen LogP contribution in [0, 0.1) is 0 Å². The van der Waals surface area contributed by atoms with Crippen molar-refractivity contribution in [2.24, 2.45) is 5.73 Å². The Balaban J connectivity index is 2.68. The first kappa shape index (κ1) is 13.8. The Hall–Kier alpha value is -1.27. The van der Waals surface area contributed by atoms with Crippen molar-refractivity contribution in [3.05, 3.63) is 29.8 Å². The van der Waals surface area contributed by atoms with E-state index in [0.717, 1.165) is 12.1 Å². The highest BCUT2D eigenvalue weighted by molar-refractivity contribution is 5.46. The van der Waals surface area contributed by atoms with Crippen LogP contribution in [-0.2, 0) is 10.9 Å². The first-order chi connectivity index (χ1) is 7.97. The number of ether oxygens (including phenoxy) is 1. The average Bonchev–Trinajstić information content (AvgIpc) is 2.28. The van der Waals surface area contributed by atoms with Crippen molar-refractivity contribution in [2.75, 3.05) is 25.6 Å². The zero-order valence-corrected chi connectivity index (χ0v) is 9.42. The summed E-state index contributed by atoms with van der Waals surface area (Å²) in [4.78, 5) is 0. The fraction of sp³-hybridized carbons (Fsp3) is 0.455. The topological polar surface area (TPSA) is 47.3 Å². The molecular weight excluding hydrogens is 233 g/mol. The highest BCUT2D eigenvalue weighted by Gasteiger charge is 2.29. The van der Waals surface area contributed by atoms with Crippen LogP contribution in [0.4, 0.5) is 18.9 Å². The van der Waals surface area contributed by atoms with E-state index in [-0.39, 0.29) is 6.04 Å². The second-order valence-corrected chi connectivity index (χ2v) is 3.61. The summed E-state index contributed by atoms with van der Waals surface area (Å²) in [7, 11) is 1.54. The number of anilines is 1. The van der Waals surface area contributed by atoms with Crippen molar-refractivity contribution in [1.82, 2.24) is 0 Å². The minimum atomic E-state index is -4.31. The van der Waals surface area contributed by atoms with Crippen LogP contribution in [-0.4, -0.2) is 26.3 Å². The third kappa shape index (κ3) is 4.24. The second kappa shape index (κ2) is 5.88. The number of halogens is 3. The van der Waals surface area contributed by atoms with Gasteiger partial charge in [-0.3, -0.25) is 0 Å². The summed E-state index contributed by atoms with van der Waals surface area (Å²) in [6, 6.07) is 4.70. The lowest BCUT2D eigenvalue weighted by molar-refractivity contribution is -0.137. The van der Waals surface area contributed by atoms with E-state index in [2.05, 4.69) is 5.32 Å². The van der Waals surface area contributed by atoms with Gasteiger partial charge < -0.3 is 15.8 Å². The van der Waals surface area contributed by atoms with Crippen molar-refractivity contribution >= 4 is 5.69 Å². The Morgan fingerprint density at radius 2 is 1.88 bits per heavy atom. The molecule has 0 bridgehead atoms. The SMILES string of the molecule is COCC(CN)Nc1ccc(C(F)(F)F)cc1. The van der Waals surface area contributed by atoms with Gasteiger partial charge in [-0.25, -0.2) is 0 Å². The molecule has 96 valence electrons. The molecule has 0 spiro atoms. The van der Waals surface area contributed by atoms with Crippen LogP contribution in [0.15, 0.2) is 24.3 Å². The molecule has 1 aromatic rings. The van der Waals surface area contributed by atoms with E-state index < -0.39 is 11.7 Å². The van der Waals surface area contributed by atoms with Crippen LogP contribution in [0.1, 0.15) is 5.56 Å². The molecule has 3 nitrogen and oxygen atoms in total. The van der Waals surface area contributed by atoms with E-state index in [9.17, 15) is 13.2 Å². The van der Waals surface area contributed by atoms with E-state index in [1.54, 1.807) is 0 Å². The number of nitrogens with two attached hydrogens (primary N) is 1. The lowest BCUT2D eigenvalue weighted by Crippen LogP contribution is -2.33. The predicted molar refractivity (Wildman–Crippen MR) is 59.8 cm³/mol. The van der Waals surface area contributed by atoms with Gasteiger partial charge in [-0.2, -0.15) is 13.2 Å². The van der Waals surface area contributed by atoms with Crippen LogP contribution >= 0.6 is 0 Å². The van der Waals surface area contributed by atoms with Crippen LogP contribution in [0.3, 0.4) is 0 Å².